The Morgan fingerprint density at radius 3 is 2.22 bits per heavy atom. The average Bonchev–Trinajstić information content (AvgIpc) is 3.03. The maximum absolute atomic E-state index is 13.6. The lowest BCUT2D eigenvalue weighted by atomic mass is 10.0. The Bertz CT molecular complexity index is 745. The summed E-state index contributed by atoms with van der Waals surface area (Å²) >= 11 is 3.20. The number of rotatable bonds is 2. The fourth-order valence-corrected chi connectivity index (χ4v) is 3.08. The van der Waals surface area contributed by atoms with Crippen LogP contribution in [0.25, 0.3) is 0 Å². The van der Waals surface area contributed by atoms with E-state index in [1.807, 2.05) is 13.8 Å². The second-order valence-electron chi connectivity index (χ2n) is 5.34. The second kappa shape index (κ2) is 9.89. The Kier molecular flexibility index (Phi) is 8.49. The molecule has 1 unspecified atom stereocenters. The molecule has 2 aromatic rings. The van der Waals surface area contributed by atoms with Crippen molar-refractivity contribution >= 4 is 21.8 Å². The lowest BCUT2D eigenvalue weighted by Crippen LogP contribution is -2.47. The molecule has 0 saturated heterocycles. The number of fused-ring (bicyclic) bond motifs is 1. The normalized spacial score (nSPS) is 14.4. The molecule has 0 saturated carbocycles. The third kappa shape index (κ3) is 5.10. The number of hydrogen-bond donors (Lipinski definition) is 1. The Hall–Kier alpha value is -1.87. The zero-order chi connectivity index (χ0) is 20.8. The number of halogens is 4. The van der Waals surface area contributed by atoms with E-state index in [4.69, 9.17) is 5.11 Å². The number of nitrogens with zero attached hydrogens (tertiary/aromatic N) is 3. The van der Waals surface area contributed by atoms with Gasteiger partial charge in [0.2, 0.25) is 0 Å². The first-order valence-electron chi connectivity index (χ1n) is 8.39. The first kappa shape index (κ1) is 23.2. The zero-order valence-electron chi connectivity index (χ0n) is 15.6. The molecular weight excluding hydrogens is 427 g/mol. The summed E-state index contributed by atoms with van der Waals surface area (Å²) in [6.07, 6.45) is -3.22. The van der Waals surface area contributed by atoms with E-state index in [1.54, 1.807) is 11.5 Å². The minimum atomic E-state index is -4.55. The van der Waals surface area contributed by atoms with Crippen LogP contribution >= 0.6 is 15.9 Å². The van der Waals surface area contributed by atoms with Gasteiger partial charge in [-0.1, -0.05) is 41.9 Å². The average molecular weight is 450 g/mol. The Morgan fingerprint density at radius 1 is 1.15 bits per heavy atom. The molecule has 27 heavy (non-hydrogen) atoms. The highest BCUT2D eigenvalue weighted by Crippen LogP contribution is 2.39. The molecule has 1 N–H and O–H groups in total. The van der Waals surface area contributed by atoms with Crippen LogP contribution < -0.4 is 0 Å². The van der Waals surface area contributed by atoms with Crippen LogP contribution in [0.1, 0.15) is 41.8 Å². The predicted molar refractivity (Wildman–Crippen MR) is 100 cm³/mol. The number of aromatic nitrogens is 2. The highest BCUT2D eigenvalue weighted by molar-refractivity contribution is 9.10. The quantitative estimate of drug-likeness (QED) is 0.741. The van der Waals surface area contributed by atoms with Crippen molar-refractivity contribution in [2.45, 2.75) is 39.5 Å². The first-order chi connectivity index (χ1) is 12.8. The zero-order valence-corrected chi connectivity index (χ0v) is 17.2. The third-order valence-electron chi connectivity index (χ3n) is 3.91. The number of imidazole rings is 1. The van der Waals surface area contributed by atoms with Gasteiger partial charge in [-0.25, -0.2) is 4.98 Å². The number of aliphatic hydroxyl groups is 1. The number of carbonyl (C=O) groups is 1. The Balaban J connectivity index is 0.000000855. The van der Waals surface area contributed by atoms with Crippen molar-refractivity contribution in [3.8, 4) is 0 Å². The van der Waals surface area contributed by atoms with E-state index in [2.05, 4.69) is 20.9 Å². The summed E-state index contributed by atoms with van der Waals surface area (Å²) in [4.78, 5) is 17.4. The van der Waals surface area contributed by atoms with Gasteiger partial charge in [0.05, 0.1) is 6.20 Å². The van der Waals surface area contributed by atoms with E-state index >= 15 is 0 Å². The lowest BCUT2D eigenvalue weighted by Gasteiger charge is -2.36. The summed E-state index contributed by atoms with van der Waals surface area (Å²) in [5.74, 6) is -0.0257. The van der Waals surface area contributed by atoms with Gasteiger partial charge < -0.3 is 14.6 Å². The monoisotopic (exact) mass is 449 g/mol. The van der Waals surface area contributed by atoms with E-state index in [9.17, 15) is 18.0 Å². The number of alkyl halides is 3. The van der Waals surface area contributed by atoms with E-state index < -0.39 is 18.1 Å². The maximum atomic E-state index is 13.6. The molecule has 150 valence electrons. The van der Waals surface area contributed by atoms with Crippen LogP contribution in [0.4, 0.5) is 13.2 Å². The molecule has 3 rings (SSSR count). The summed E-state index contributed by atoms with van der Waals surface area (Å²) < 4.78 is 43.2. The van der Waals surface area contributed by atoms with Crippen molar-refractivity contribution in [2.24, 2.45) is 0 Å². The van der Waals surface area contributed by atoms with Gasteiger partial charge in [0.1, 0.15) is 11.5 Å². The number of carbonyl (C=O) groups excluding carboxylic acids is 1. The Labute approximate surface area is 164 Å². The molecule has 2 heterocycles. The highest BCUT2D eigenvalue weighted by Gasteiger charge is 2.48. The minimum absolute atomic E-state index is 0.0106. The van der Waals surface area contributed by atoms with Gasteiger partial charge >= 0.3 is 6.18 Å². The summed E-state index contributed by atoms with van der Waals surface area (Å²) in [6.45, 7) is 6.02. The van der Waals surface area contributed by atoms with Crippen molar-refractivity contribution in [1.29, 1.82) is 0 Å². The minimum Gasteiger partial charge on any atom is -0.400 e. The van der Waals surface area contributed by atoms with Crippen LogP contribution in [-0.4, -0.2) is 45.3 Å². The van der Waals surface area contributed by atoms with Gasteiger partial charge in [-0.15, -0.1) is 0 Å². The number of aryl methyl sites for hydroxylation is 1. The fraction of sp³-hybridized carbons (Fsp3) is 0.444. The van der Waals surface area contributed by atoms with E-state index in [0.717, 1.165) is 12.0 Å². The molecule has 1 aliphatic rings. The van der Waals surface area contributed by atoms with Crippen molar-refractivity contribution < 1.29 is 23.1 Å². The van der Waals surface area contributed by atoms with Crippen LogP contribution in [0.2, 0.25) is 0 Å². The molecule has 0 bridgehead atoms. The van der Waals surface area contributed by atoms with Gasteiger partial charge in [-0.05, 0) is 24.6 Å². The number of hydrogen-bond acceptors (Lipinski definition) is 3. The van der Waals surface area contributed by atoms with Gasteiger partial charge in [0.25, 0.3) is 5.91 Å². The van der Waals surface area contributed by atoms with Gasteiger partial charge in [0, 0.05) is 24.7 Å². The van der Waals surface area contributed by atoms with Crippen LogP contribution in [-0.2, 0) is 6.54 Å². The summed E-state index contributed by atoms with van der Waals surface area (Å²) in [5.41, 5.74) is 0.235. The van der Waals surface area contributed by atoms with Crippen LogP contribution in [0, 0.1) is 6.92 Å². The molecule has 1 aromatic carbocycles. The number of benzene rings is 1. The Morgan fingerprint density at radius 2 is 1.70 bits per heavy atom. The smallest absolute Gasteiger partial charge is 0.400 e. The largest absolute Gasteiger partial charge is 0.413 e. The van der Waals surface area contributed by atoms with Crippen molar-refractivity contribution in [1.82, 2.24) is 14.5 Å². The first-order valence-corrected chi connectivity index (χ1v) is 9.18. The van der Waals surface area contributed by atoms with Gasteiger partial charge in [0.15, 0.2) is 6.04 Å². The van der Waals surface area contributed by atoms with Crippen LogP contribution in [0.5, 0.6) is 0 Å². The molecule has 0 radical (unpaired) electrons. The molecular formula is C18H23BrF3N3O2. The molecule has 0 fully saturated rings. The fourth-order valence-electron chi connectivity index (χ4n) is 2.81. The molecule has 1 aliphatic heterocycles. The topological polar surface area (TPSA) is 58.4 Å². The molecule has 1 amide bonds. The van der Waals surface area contributed by atoms with Crippen molar-refractivity contribution in [3.05, 3.63) is 52.0 Å². The van der Waals surface area contributed by atoms with Gasteiger partial charge in [-0.3, -0.25) is 4.79 Å². The number of amides is 1. The number of aliphatic hydroxyl groups excluding tert-OH is 1. The van der Waals surface area contributed by atoms with Gasteiger partial charge in [-0.2, -0.15) is 13.2 Å². The standard InChI is InChI=1S/C15H13BrF3N3O.C2H6.CH4O/c1-9-20-8-12-14(23)22(7-6-21(9)12)13(15(17,18)19)10-2-4-11(16)5-3-10;2*1-2/h2-5,8,13H,6-7H2,1H3;1-2H3;2H,1H3. The van der Waals surface area contributed by atoms with Crippen LogP contribution in [0.3, 0.4) is 0 Å². The molecule has 5 nitrogen and oxygen atoms in total. The second-order valence-corrected chi connectivity index (χ2v) is 6.25. The summed E-state index contributed by atoms with van der Waals surface area (Å²) in [7, 11) is 1.00. The maximum Gasteiger partial charge on any atom is 0.413 e. The van der Waals surface area contributed by atoms with E-state index in [1.165, 1.54) is 30.5 Å². The molecule has 0 aliphatic carbocycles. The molecule has 9 heteroatoms. The summed E-state index contributed by atoms with van der Waals surface area (Å²) in [5, 5.41) is 7.00. The van der Waals surface area contributed by atoms with E-state index in [0.29, 0.717) is 16.8 Å². The van der Waals surface area contributed by atoms with E-state index in [-0.39, 0.29) is 17.8 Å². The SMILES string of the molecule is CC.CO.Cc1ncc2n1CCN(C(c1ccc(Br)cc1)C(F)(F)F)C2=O. The molecule has 1 atom stereocenters. The summed E-state index contributed by atoms with van der Waals surface area (Å²) in [6, 6.07) is 3.87. The van der Waals surface area contributed by atoms with Crippen molar-refractivity contribution in [2.75, 3.05) is 13.7 Å². The predicted octanol–water partition coefficient (Wildman–Crippen LogP) is 4.35. The lowest BCUT2D eigenvalue weighted by molar-refractivity contribution is -0.180. The van der Waals surface area contributed by atoms with Crippen molar-refractivity contribution in [3.63, 3.8) is 0 Å². The molecule has 1 aromatic heterocycles. The highest BCUT2D eigenvalue weighted by atomic mass is 79.9. The third-order valence-corrected chi connectivity index (χ3v) is 4.44. The van der Waals surface area contributed by atoms with Crippen LogP contribution in [0.15, 0.2) is 34.9 Å². The molecule has 0 spiro atoms.